The van der Waals surface area contributed by atoms with Crippen molar-refractivity contribution < 1.29 is 23.1 Å². The van der Waals surface area contributed by atoms with Crippen molar-refractivity contribution >= 4 is 5.91 Å². The molecule has 0 spiro atoms. The normalized spacial score (nSPS) is 30.3. The molecule has 3 rings (SSSR count). The minimum Gasteiger partial charge on any atom is -0.390 e. The van der Waals surface area contributed by atoms with Crippen LogP contribution in [-0.2, 0) is 6.18 Å². The van der Waals surface area contributed by atoms with Gasteiger partial charge in [0.05, 0.1) is 11.2 Å². The number of alkyl halides is 3. The van der Waals surface area contributed by atoms with E-state index in [2.05, 4.69) is 4.98 Å². The Hall–Kier alpha value is -1.63. The lowest BCUT2D eigenvalue weighted by Crippen LogP contribution is -2.44. The largest absolute Gasteiger partial charge is 0.433 e. The van der Waals surface area contributed by atoms with Gasteiger partial charge in [-0.1, -0.05) is 13.3 Å². The summed E-state index contributed by atoms with van der Waals surface area (Å²) in [7, 11) is 0. The van der Waals surface area contributed by atoms with Crippen LogP contribution in [0.2, 0.25) is 0 Å². The van der Waals surface area contributed by atoms with Crippen LogP contribution in [-0.4, -0.2) is 39.6 Å². The molecular formula is C17H21F3N2O2. The lowest BCUT2D eigenvalue weighted by Gasteiger charge is -2.40. The molecule has 1 aliphatic carbocycles. The number of hydrogen-bond acceptors (Lipinski definition) is 3. The van der Waals surface area contributed by atoms with Crippen LogP contribution in [0.3, 0.4) is 0 Å². The predicted molar refractivity (Wildman–Crippen MR) is 81.2 cm³/mol. The number of aliphatic hydroxyl groups is 1. The maximum atomic E-state index is 12.6. The molecule has 0 radical (unpaired) electrons. The van der Waals surface area contributed by atoms with Gasteiger partial charge in [-0.3, -0.25) is 9.78 Å². The summed E-state index contributed by atoms with van der Waals surface area (Å²) in [5.74, 6) is -0.0123. The molecule has 2 fully saturated rings. The van der Waals surface area contributed by atoms with Gasteiger partial charge in [0.1, 0.15) is 5.69 Å². The maximum absolute atomic E-state index is 12.6. The number of carbonyl (C=O) groups excluding carboxylic acids is 1. The van der Waals surface area contributed by atoms with E-state index in [0.29, 0.717) is 19.5 Å². The van der Waals surface area contributed by atoms with Gasteiger partial charge in [-0.2, -0.15) is 13.2 Å². The molecule has 1 saturated heterocycles. The molecular weight excluding hydrogens is 321 g/mol. The summed E-state index contributed by atoms with van der Waals surface area (Å²) in [6.45, 7) is 2.95. The number of likely N-dealkylation sites (tertiary alicyclic amines) is 1. The quantitative estimate of drug-likeness (QED) is 0.898. The third kappa shape index (κ3) is 3.01. The summed E-state index contributed by atoms with van der Waals surface area (Å²) < 4.78 is 37.7. The van der Waals surface area contributed by atoms with Crippen molar-refractivity contribution in [2.45, 2.75) is 44.4 Å². The average Bonchev–Trinajstić information content (AvgIpc) is 2.99. The molecule has 7 heteroatoms. The number of fused-ring (bicyclic) bond motifs is 1. The van der Waals surface area contributed by atoms with Gasteiger partial charge in [0.2, 0.25) is 0 Å². The second-order valence-electron chi connectivity index (χ2n) is 6.86. The lowest BCUT2D eigenvalue weighted by atomic mass is 9.69. The highest BCUT2D eigenvalue weighted by Crippen LogP contribution is 2.44. The highest BCUT2D eigenvalue weighted by Gasteiger charge is 2.48. The second kappa shape index (κ2) is 6.02. The zero-order chi connectivity index (χ0) is 17.5. The van der Waals surface area contributed by atoms with Gasteiger partial charge in [0.25, 0.3) is 5.91 Å². The number of aromatic nitrogens is 1. The monoisotopic (exact) mass is 342 g/mol. The van der Waals surface area contributed by atoms with E-state index in [1.165, 1.54) is 6.07 Å². The van der Waals surface area contributed by atoms with Crippen LogP contribution in [0.4, 0.5) is 13.2 Å². The summed E-state index contributed by atoms with van der Waals surface area (Å²) in [5, 5.41) is 10.8. The number of hydrogen-bond donors (Lipinski definition) is 1. The number of amides is 1. The fourth-order valence-electron chi connectivity index (χ4n) is 4.10. The van der Waals surface area contributed by atoms with Crippen LogP contribution in [0.15, 0.2) is 18.3 Å². The predicted octanol–water partition coefficient (Wildman–Crippen LogP) is 3.11. The summed E-state index contributed by atoms with van der Waals surface area (Å²) in [4.78, 5) is 17.6. The molecule has 2 aliphatic rings. The van der Waals surface area contributed by atoms with E-state index in [0.717, 1.165) is 31.5 Å². The molecule has 1 amide bonds. The van der Waals surface area contributed by atoms with E-state index >= 15 is 0 Å². The molecule has 1 aliphatic heterocycles. The Morgan fingerprint density at radius 3 is 2.75 bits per heavy atom. The van der Waals surface area contributed by atoms with Gasteiger partial charge in [0, 0.05) is 25.2 Å². The van der Waals surface area contributed by atoms with Gasteiger partial charge in [-0.25, -0.2) is 0 Å². The molecule has 2 heterocycles. The highest BCUT2D eigenvalue weighted by atomic mass is 19.4. The molecule has 1 N–H and O–H groups in total. The van der Waals surface area contributed by atoms with Crippen molar-refractivity contribution in [3.63, 3.8) is 0 Å². The van der Waals surface area contributed by atoms with Crippen LogP contribution in [0.1, 0.15) is 48.7 Å². The van der Waals surface area contributed by atoms with E-state index < -0.39 is 17.5 Å². The second-order valence-corrected chi connectivity index (χ2v) is 6.86. The number of halogens is 3. The molecule has 3 atom stereocenters. The number of nitrogens with zero attached hydrogens (tertiary/aromatic N) is 2. The number of rotatable bonds is 2. The highest BCUT2D eigenvalue weighted by molar-refractivity contribution is 5.94. The summed E-state index contributed by atoms with van der Waals surface area (Å²) in [6.07, 6.45) is -0.217. The smallest absolute Gasteiger partial charge is 0.390 e. The fraction of sp³-hybridized carbons (Fsp3) is 0.647. The third-order valence-corrected chi connectivity index (χ3v) is 5.52. The van der Waals surface area contributed by atoms with E-state index in [1.54, 1.807) is 4.90 Å². The average molecular weight is 342 g/mol. The van der Waals surface area contributed by atoms with E-state index in [1.807, 2.05) is 6.92 Å². The number of pyridine rings is 1. The Morgan fingerprint density at radius 2 is 2.17 bits per heavy atom. The van der Waals surface area contributed by atoms with Gasteiger partial charge in [-0.05, 0) is 37.3 Å². The fourth-order valence-corrected chi connectivity index (χ4v) is 4.10. The first-order valence-corrected chi connectivity index (χ1v) is 8.29. The molecule has 4 nitrogen and oxygen atoms in total. The van der Waals surface area contributed by atoms with E-state index in [9.17, 15) is 23.1 Å². The zero-order valence-electron chi connectivity index (χ0n) is 13.5. The van der Waals surface area contributed by atoms with Crippen LogP contribution in [0.5, 0.6) is 0 Å². The third-order valence-electron chi connectivity index (χ3n) is 5.52. The SMILES string of the molecule is CC[C@@]1(O)CCC[C@@H]2CN(C(=O)c3ccc(C(F)(F)F)nc3)C[C@@H]21. The minimum absolute atomic E-state index is 0.0441. The van der Waals surface area contributed by atoms with Gasteiger partial charge in [-0.15, -0.1) is 0 Å². The van der Waals surface area contributed by atoms with E-state index in [4.69, 9.17) is 0 Å². The van der Waals surface area contributed by atoms with Crippen LogP contribution in [0, 0.1) is 11.8 Å². The molecule has 1 saturated carbocycles. The van der Waals surface area contributed by atoms with Crippen molar-refractivity contribution in [1.82, 2.24) is 9.88 Å². The molecule has 1 aromatic heterocycles. The summed E-state index contributed by atoms with van der Waals surface area (Å²) in [5.41, 5.74) is -1.59. The summed E-state index contributed by atoms with van der Waals surface area (Å²) >= 11 is 0. The Bertz CT molecular complexity index is 617. The molecule has 0 aromatic carbocycles. The molecule has 132 valence electrons. The molecule has 0 unspecified atom stereocenters. The van der Waals surface area contributed by atoms with Crippen molar-refractivity contribution in [1.29, 1.82) is 0 Å². The Labute approximate surface area is 138 Å². The van der Waals surface area contributed by atoms with Crippen molar-refractivity contribution in [2.24, 2.45) is 11.8 Å². The topological polar surface area (TPSA) is 53.4 Å². The zero-order valence-corrected chi connectivity index (χ0v) is 13.5. The van der Waals surface area contributed by atoms with Gasteiger partial charge >= 0.3 is 6.18 Å². The Morgan fingerprint density at radius 1 is 1.42 bits per heavy atom. The van der Waals surface area contributed by atoms with Crippen LogP contribution >= 0.6 is 0 Å². The van der Waals surface area contributed by atoms with Crippen LogP contribution in [0.25, 0.3) is 0 Å². The Kier molecular flexibility index (Phi) is 4.32. The summed E-state index contributed by atoms with van der Waals surface area (Å²) in [6, 6.07) is 2.00. The standard InChI is InChI=1S/C17H21F3N2O2/c1-2-16(24)7-3-4-12-9-22(10-13(12)16)15(23)11-5-6-14(21-8-11)17(18,19)20/h5-6,8,12-13,24H,2-4,7,9-10H2,1H3/t12-,13+,16-/m1/s1. The molecule has 1 aromatic rings. The van der Waals surface area contributed by atoms with Gasteiger partial charge in [0.15, 0.2) is 0 Å². The lowest BCUT2D eigenvalue weighted by molar-refractivity contribution is -0.141. The minimum atomic E-state index is -4.51. The molecule has 0 bridgehead atoms. The molecule has 24 heavy (non-hydrogen) atoms. The Balaban J connectivity index is 1.75. The van der Waals surface area contributed by atoms with E-state index in [-0.39, 0.29) is 23.3 Å². The van der Waals surface area contributed by atoms with Crippen molar-refractivity contribution in [3.05, 3.63) is 29.6 Å². The van der Waals surface area contributed by atoms with Crippen molar-refractivity contribution in [3.8, 4) is 0 Å². The first-order chi connectivity index (χ1) is 11.2. The van der Waals surface area contributed by atoms with Crippen molar-refractivity contribution in [2.75, 3.05) is 13.1 Å². The first-order valence-electron chi connectivity index (χ1n) is 8.29. The van der Waals surface area contributed by atoms with Crippen LogP contribution < -0.4 is 0 Å². The van der Waals surface area contributed by atoms with Gasteiger partial charge < -0.3 is 10.0 Å². The maximum Gasteiger partial charge on any atom is 0.433 e. The number of carbonyl (C=O) groups is 1. The first kappa shape index (κ1) is 17.2.